The molecule has 0 spiro atoms. The SMILES string of the molecule is C=C(COCCN(C)C)c1c(Nc2ccc(C)cc2F)n(C)c(=O)n(C)c1=O.CC. The Morgan fingerprint density at radius 2 is 1.83 bits per heavy atom. The first kappa shape index (κ1) is 25.3. The van der Waals surface area contributed by atoms with E-state index >= 15 is 0 Å². The van der Waals surface area contributed by atoms with Crippen molar-refractivity contribution in [3.05, 3.63) is 62.6 Å². The number of hydrogen-bond acceptors (Lipinski definition) is 5. The molecule has 0 radical (unpaired) electrons. The maximum absolute atomic E-state index is 14.3. The van der Waals surface area contributed by atoms with Gasteiger partial charge in [0.25, 0.3) is 5.56 Å². The van der Waals surface area contributed by atoms with Gasteiger partial charge in [0.2, 0.25) is 0 Å². The van der Waals surface area contributed by atoms with E-state index in [9.17, 15) is 14.0 Å². The van der Waals surface area contributed by atoms with Crippen LogP contribution in [0.4, 0.5) is 15.9 Å². The van der Waals surface area contributed by atoms with Crippen LogP contribution in [-0.2, 0) is 18.8 Å². The van der Waals surface area contributed by atoms with Gasteiger partial charge in [0.05, 0.1) is 24.5 Å². The molecule has 0 unspecified atom stereocenters. The molecule has 166 valence electrons. The van der Waals surface area contributed by atoms with E-state index in [-0.39, 0.29) is 23.7 Å². The van der Waals surface area contributed by atoms with Gasteiger partial charge in [-0.2, -0.15) is 0 Å². The van der Waals surface area contributed by atoms with Crippen LogP contribution in [0, 0.1) is 12.7 Å². The first-order chi connectivity index (χ1) is 14.1. The Labute approximate surface area is 177 Å². The minimum Gasteiger partial charge on any atom is -0.375 e. The molecule has 0 atom stereocenters. The number of aryl methyl sites for hydroxylation is 1. The minimum atomic E-state index is -0.523. The van der Waals surface area contributed by atoms with Crippen LogP contribution in [0.5, 0.6) is 0 Å². The molecule has 0 fully saturated rings. The normalized spacial score (nSPS) is 10.6. The van der Waals surface area contributed by atoms with Crippen molar-refractivity contribution in [3.8, 4) is 0 Å². The van der Waals surface area contributed by atoms with Gasteiger partial charge in [-0.15, -0.1) is 0 Å². The Hall–Kier alpha value is -2.71. The maximum Gasteiger partial charge on any atom is 0.332 e. The zero-order chi connectivity index (χ0) is 23.0. The van der Waals surface area contributed by atoms with Crippen LogP contribution in [0.1, 0.15) is 25.0 Å². The van der Waals surface area contributed by atoms with Crippen LogP contribution in [0.15, 0.2) is 34.4 Å². The lowest BCUT2D eigenvalue weighted by atomic mass is 10.1. The van der Waals surface area contributed by atoms with E-state index in [2.05, 4.69) is 11.9 Å². The number of halogens is 1. The molecule has 1 aromatic heterocycles. The lowest BCUT2D eigenvalue weighted by Gasteiger charge is -2.19. The van der Waals surface area contributed by atoms with E-state index in [1.165, 1.54) is 24.7 Å². The molecule has 0 amide bonds. The Morgan fingerprint density at radius 3 is 2.40 bits per heavy atom. The van der Waals surface area contributed by atoms with Gasteiger partial charge in [-0.05, 0) is 44.3 Å². The predicted molar refractivity (Wildman–Crippen MR) is 121 cm³/mol. The molecule has 0 saturated heterocycles. The molecule has 2 rings (SSSR count). The third-order valence-electron chi connectivity index (χ3n) is 4.35. The number of rotatable bonds is 8. The summed E-state index contributed by atoms with van der Waals surface area (Å²) < 4.78 is 22.2. The molecule has 1 N–H and O–H groups in total. The van der Waals surface area contributed by atoms with E-state index in [1.807, 2.05) is 32.8 Å². The molecule has 0 aliphatic rings. The highest BCUT2D eigenvalue weighted by Gasteiger charge is 2.19. The van der Waals surface area contributed by atoms with Crippen molar-refractivity contribution in [2.24, 2.45) is 14.1 Å². The number of nitrogens with zero attached hydrogens (tertiary/aromatic N) is 3. The Bertz CT molecular complexity index is 993. The van der Waals surface area contributed by atoms with E-state index in [4.69, 9.17) is 4.74 Å². The summed E-state index contributed by atoms with van der Waals surface area (Å²) in [7, 11) is 6.77. The van der Waals surface area contributed by atoms with Gasteiger partial charge in [0.15, 0.2) is 0 Å². The molecule has 0 bridgehead atoms. The number of hydrogen-bond donors (Lipinski definition) is 1. The average molecular weight is 421 g/mol. The Balaban J connectivity index is 0.00000218. The van der Waals surface area contributed by atoms with Gasteiger partial charge < -0.3 is 15.0 Å². The van der Waals surface area contributed by atoms with Crippen LogP contribution in [0.2, 0.25) is 0 Å². The van der Waals surface area contributed by atoms with Crippen molar-refractivity contribution in [1.82, 2.24) is 14.0 Å². The van der Waals surface area contributed by atoms with Gasteiger partial charge in [-0.1, -0.05) is 26.5 Å². The molecule has 0 aliphatic carbocycles. The van der Waals surface area contributed by atoms with Crippen molar-refractivity contribution in [2.75, 3.05) is 39.2 Å². The summed E-state index contributed by atoms with van der Waals surface area (Å²) >= 11 is 0. The highest BCUT2D eigenvalue weighted by molar-refractivity contribution is 5.76. The lowest BCUT2D eigenvalue weighted by molar-refractivity contribution is 0.146. The molecule has 2 aromatic rings. The maximum atomic E-state index is 14.3. The van der Waals surface area contributed by atoms with Crippen molar-refractivity contribution >= 4 is 17.1 Å². The molecule has 8 heteroatoms. The Kier molecular flexibility index (Phi) is 9.68. The van der Waals surface area contributed by atoms with Crippen molar-refractivity contribution in [2.45, 2.75) is 20.8 Å². The third kappa shape index (κ3) is 6.14. The first-order valence-corrected chi connectivity index (χ1v) is 9.87. The van der Waals surface area contributed by atoms with E-state index in [0.717, 1.165) is 16.7 Å². The van der Waals surface area contributed by atoms with Crippen LogP contribution < -0.4 is 16.6 Å². The fourth-order valence-electron chi connectivity index (χ4n) is 2.67. The largest absolute Gasteiger partial charge is 0.375 e. The zero-order valence-electron chi connectivity index (χ0n) is 19.0. The predicted octanol–water partition coefficient (Wildman–Crippen LogP) is 2.89. The Morgan fingerprint density at radius 1 is 1.20 bits per heavy atom. The number of aromatic nitrogens is 2. The third-order valence-corrected chi connectivity index (χ3v) is 4.35. The zero-order valence-corrected chi connectivity index (χ0v) is 19.0. The summed E-state index contributed by atoms with van der Waals surface area (Å²) in [6, 6.07) is 4.68. The average Bonchev–Trinajstić information content (AvgIpc) is 2.71. The fraction of sp³-hybridized carbons (Fsp3) is 0.455. The van der Waals surface area contributed by atoms with Crippen LogP contribution in [-0.4, -0.2) is 47.9 Å². The topological polar surface area (TPSA) is 68.5 Å². The summed E-state index contributed by atoms with van der Waals surface area (Å²) in [5, 5.41) is 2.88. The molecule has 30 heavy (non-hydrogen) atoms. The van der Waals surface area contributed by atoms with Gasteiger partial charge in [-0.25, -0.2) is 9.18 Å². The minimum absolute atomic E-state index is 0.117. The van der Waals surface area contributed by atoms with E-state index in [0.29, 0.717) is 12.2 Å². The second kappa shape index (κ2) is 11.5. The number of nitrogens with one attached hydrogen (secondary N) is 1. The van der Waals surface area contributed by atoms with Gasteiger partial charge in [-0.3, -0.25) is 13.9 Å². The molecule has 0 saturated carbocycles. The number of ether oxygens (including phenoxy) is 1. The van der Waals surface area contributed by atoms with Crippen molar-refractivity contribution in [1.29, 1.82) is 0 Å². The van der Waals surface area contributed by atoms with E-state index < -0.39 is 17.1 Å². The van der Waals surface area contributed by atoms with Crippen molar-refractivity contribution < 1.29 is 9.13 Å². The first-order valence-electron chi connectivity index (χ1n) is 9.87. The molecule has 0 aliphatic heterocycles. The molecular formula is C22H33FN4O3. The summed E-state index contributed by atoms with van der Waals surface area (Å²) in [6.07, 6.45) is 0. The fourth-order valence-corrected chi connectivity index (χ4v) is 2.67. The highest BCUT2D eigenvalue weighted by Crippen LogP contribution is 2.24. The molecule has 1 heterocycles. The van der Waals surface area contributed by atoms with Crippen molar-refractivity contribution in [3.63, 3.8) is 0 Å². The molecule has 1 aromatic carbocycles. The smallest absolute Gasteiger partial charge is 0.332 e. The lowest BCUT2D eigenvalue weighted by Crippen LogP contribution is -2.40. The highest BCUT2D eigenvalue weighted by atomic mass is 19.1. The van der Waals surface area contributed by atoms with E-state index in [1.54, 1.807) is 19.1 Å². The summed E-state index contributed by atoms with van der Waals surface area (Å²) in [5.74, 6) is -0.302. The second-order valence-corrected chi connectivity index (χ2v) is 7.00. The number of benzene rings is 1. The number of anilines is 2. The molecule has 7 nitrogen and oxygen atoms in total. The second-order valence-electron chi connectivity index (χ2n) is 7.00. The summed E-state index contributed by atoms with van der Waals surface area (Å²) in [4.78, 5) is 27.1. The van der Waals surface area contributed by atoms with Gasteiger partial charge >= 0.3 is 5.69 Å². The van der Waals surface area contributed by atoms with Gasteiger partial charge in [0, 0.05) is 20.6 Å². The summed E-state index contributed by atoms with van der Waals surface area (Å²) in [6.45, 7) is 11.0. The van der Waals surface area contributed by atoms with Gasteiger partial charge in [0.1, 0.15) is 11.6 Å². The molecular weight excluding hydrogens is 387 g/mol. The monoisotopic (exact) mass is 420 g/mol. The quantitative estimate of drug-likeness (QED) is 0.665. The summed E-state index contributed by atoms with van der Waals surface area (Å²) in [5.41, 5.74) is 0.486. The number of likely N-dealkylation sites (N-methyl/N-ethyl adjacent to an activating group) is 1. The standard InChI is InChI=1S/C20H27FN4O3.C2H6/c1-13-7-8-16(15(21)11-13)22-18-17(14(2)12-28-10-9-23(3)4)19(26)25(6)20(27)24(18)5;1-2/h7-8,11,22H,2,9-10,12H2,1,3-6H3;1-2H3. The van der Waals surface area contributed by atoms with Crippen LogP contribution in [0.25, 0.3) is 5.57 Å². The van der Waals surface area contributed by atoms with Crippen LogP contribution in [0.3, 0.4) is 0 Å². The van der Waals surface area contributed by atoms with Crippen LogP contribution >= 0.6 is 0 Å².